The first-order chi connectivity index (χ1) is 16.1. The molecule has 33 heavy (non-hydrogen) atoms. The number of rotatable bonds is 6. The monoisotopic (exact) mass is 455 g/mol. The molecule has 0 spiro atoms. The summed E-state index contributed by atoms with van der Waals surface area (Å²) in [5.74, 6) is 1.90. The van der Waals surface area contributed by atoms with E-state index in [4.69, 9.17) is 4.74 Å². The van der Waals surface area contributed by atoms with Gasteiger partial charge in [0.1, 0.15) is 11.4 Å². The Labute approximate surface area is 194 Å². The van der Waals surface area contributed by atoms with Crippen molar-refractivity contribution < 1.29 is 4.74 Å². The molecule has 0 unspecified atom stereocenters. The zero-order chi connectivity index (χ0) is 22.8. The van der Waals surface area contributed by atoms with Crippen molar-refractivity contribution in [3.63, 3.8) is 0 Å². The van der Waals surface area contributed by atoms with Crippen LogP contribution in [0, 0.1) is 6.92 Å². The van der Waals surface area contributed by atoms with E-state index in [0.717, 1.165) is 16.8 Å². The average Bonchev–Trinajstić information content (AvgIpc) is 3.27. The fourth-order valence-corrected chi connectivity index (χ4v) is 4.48. The molecule has 0 aliphatic carbocycles. The van der Waals surface area contributed by atoms with Crippen molar-refractivity contribution in [3.05, 3.63) is 101 Å². The smallest absolute Gasteiger partial charge is 0.258 e. The number of para-hydroxylation sites is 2. The minimum Gasteiger partial charge on any atom is -0.495 e. The molecule has 0 radical (unpaired) electrons. The molecule has 2 aromatic carbocycles. The van der Waals surface area contributed by atoms with Crippen LogP contribution in [-0.2, 0) is 5.75 Å². The number of hydrogen-bond donors (Lipinski definition) is 0. The van der Waals surface area contributed by atoms with Crippen LogP contribution in [0.2, 0.25) is 0 Å². The molecule has 3 heterocycles. The molecule has 0 aliphatic heterocycles. The Morgan fingerprint density at radius 3 is 2.58 bits per heavy atom. The highest BCUT2D eigenvalue weighted by Crippen LogP contribution is 2.33. The van der Waals surface area contributed by atoms with Crippen LogP contribution < -0.4 is 10.3 Å². The van der Waals surface area contributed by atoms with E-state index in [2.05, 4.69) is 15.2 Å². The molecule has 0 fully saturated rings. The number of benzene rings is 2. The van der Waals surface area contributed by atoms with E-state index in [1.165, 1.54) is 11.8 Å². The maximum Gasteiger partial charge on any atom is 0.258 e. The molecule has 5 aromatic rings. The lowest BCUT2D eigenvalue weighted by atomic mass is 10.2. The summed E-state index contributed by atoms with van der Waals surface area (Å²) in [6, 6.07) is 23.0. The maximum atomic E-state index is 12.6. The van der Waals surface area contributed by atoms with E-state index < -0.39 is 0 Å². The van der Waals surface area contributed by atoms with Gasteiger partial charge in [-0.05, 0) is 30.7 Å². The van der Waals surface area contributed by atoms with Crippen LogP contribution in [0.5, 0.6) is 5.75 Å². The molecule has 0 amide bonds. The average molecular weight is 456 g/mol. The van der Waals surface area contributed by atoms with Crippen LogP contribution in [0.15, 0.2) is 88.9 Å². The number of aryl methyl sites for hydroxylation is 1. The molecule has 0 atom stereocenters. The molecule has 0 saturated heterocycles. The minimum absolute atomic E-state index is 0.101. The first-order valence-electron chi connectivity index (χ1n) is 10.4. The lowest BCUT2D eigenvalue weighted by Crippen LogP contribution is -2.15. The Kier molecular flexibility index (Phi) is 5.66. The number of ether oxygens (including phenoxy) is 1. The fourth-order valence-electron chi connectivity index (χ4n) is 3.64. The fraction of sp³-hybridized carbons (Fsp3) is 0.120. The topological polar surface area (TPSA) is 74.3 Å². The lowest BCUT2D eigenvalue weighted by molar-refractivity contribution is 0.412. The van der Waals surface area contributed by atoms with Gasteiger partial charge >= 0.3 is 0 Å². The normalized spacial score (nSPS) is 11.1. The Morgan fingerprint density at radius 1 is 0.970 bits per heavy atom. The summed E-state index contributed by atoms with van der Waals surface area (Å²) in [4.78, 5) is 17.2. The van der Waals surface area contributed by atoms with Crippen LogP contribution in [-0.4, -0.2) is 31.3 Å². The van der Waals surface area contributed by atoms with Crippen LogP contribution >= 0.6 is 11.8 Å². The zero-order valence-corrected chi connectivity index (χ0v) is 19.0. The van der Waals surface area contributed by atoms with E-state index in [-0.39, 0.29) is 5.56 Å². The van der Waals surface area contributed by atoms with Gasteiger partial charge in [-0.2, -0.15) is 0 Å². The second-order valence-corrected chi connectivity index (χ2v) is 8.43. The Bertz CT molecular complexity index is 1490. The molecule has 0 aliphatic rings. The number of aromatic nitrogens is 5. The number of thioether (sulfide) groups is 1. The van der Waals surface area contributed by atoms with Gasteiger partial charge in [-0.15, -0.1) is 10.2 Å². The quantitative estimate of drug-likeness (QED) is 0.350. The van der Waals surface area contributed by atoms with Crippen LogP contribution in [0.1, 0.15) is 11.3 Å². The number of fused-ring (bicyclic) bond motifs is 1. The van der Waals surface area contributed by atoms with Gasteiger partial charge in [0.2, 0.25) is 0 Å². The Hall–Kier alpha value is -3.91. The molecule has 164 valence electrons. The van der Waals surface area contributed by atoms with E-state index in [1.54, 1.807) is 23.8 Å². The molecule has 0 bridgehead atoms. The molecule has 3 aromatic heterocycles. The van der Waals surface area contributed by atoms with Crippen molar-refractivity contribution in [1.82, 2.24) is 24.1 Å². The van der Waals surface area contributed by atoms with Gasteiger partial charge in [0.05, 0.1) is 18.5 Å². The number of nitrogens with zero attached hydrogens (tertiary/aromatic N) is 5. The predicted octanol–water partition coefficient (Wildman–Crippen LogP) is 4.55. The third kappa shape index (κ3) is 4.12. The van der Waals surface area contributed by atoms with E-state index in [9.17, 15) is 4.79 Å². The highest BCUT2D eigenvalue weighted by atomic mass is 32.2. The van der Waals surface area contributed by atoms with Crippen LogP contribution in [0.25, 0.3) is 22.7 Å². The number of pyridine rings is 1. The van der Waals surface area contributed by atoms with Crippen LogP contribution in [0.4, 0.5) is 0 Å². The second-order valence-electron chi connectivity index (χ2n) is 7.49. The van der Waals surface area contributed by atoms with E-state index in [1.807, 2.05) is 78.2 Å². The molecular weight excluding hydrogens is 434 g/mol. The van der Waals surface area contributed by atoms with Crippen molar-refractivity contribution >= 4 is 17.4 Å². The lowest BCUT2D eigenvalue weighted by Gasteiger charge is -2.14. The third-order valence-electron chi connectivity index (χ3n) is 5.20. The summed E-state index contributed by atoms with van der Waals surface area (Å²) in [7, 11) is 1.65. The number of methoxy groups -OCH3 is 1. The van der Waals surface area contributed by atoms with Gasteiger partial charge in [-0.1, -0.05) is 60.3 Å². The third-order valence-corrected chi connectivity index (χ3v) is 6.16. The van der Waals surface area contributed by atoms with Crippen molar-refractivity contribution in [3.8, 4) is 22.8 Å². The van der Waals surface area contributed by atoms with Gasteiger partial charge in [-0.3, -0.25) is 13.8 Å². The molecule has 7 nitrogen and oxygen atoms in total. The predicted molar refractivity (Wildman–Crippen MR) is 129 cm³/mol. The largest absolute Gasteiger partial charge is 0.495 e. The van der Waals surface area contributed by atoms with Gasteiger partial charge in [0.15, 0.2) is 11.0 Å². The highest BCUT2D eigenvalue weighted by molar-refractivity contribution is 7.98. The Morgan fingerprint density at radius 2 is 1.76 bits per heavy atom. The molecule has 0 N–H and O–H groups in total. The highest BCUT2D eigenvalue weighted by Gasteiger charge is 2.19. The first-order valence-corrected chi connectivity index (χ1v) is 11.4. The summed E-state index contributed by atoms with van der Waals surface area (Å²) in [5.41, 5.74) is 4.00. The molecule has 5 rings (SSSR count). The maximum absolute atomic E-state index is 12.6. The van der Waals surface area contributed by atoms with Crippen molar-refractivity contribution in [1.29, 1.82) is 0 Å². The van der Waals surface area contributed by atoms with Gasteiger partial charge in [0.25, 0.3) is 5.56 Å². The van der Waals surface area contributed by atoms with Crippen molar-refractivity contribution in [2.45, 2.75) is 17.8 Å². The Balaban J connectivity index is 1.55. The molecular formula is C25H21N5O2S. The molecule has 0 saturated carbocycles. The summed E-state index contributed by atoms with van der Waals surface area (Å²) >= 11 is 1.47. The summed E-state index contributed by atoms with van der Waals surface area (Å²) in [6.07, 6.45) is 1.80. The van der Waals surface area contributed by atoms with Gasteiger partial charge < -0.3 is 4.74 Å². The minimum atomic E-state index is -0.101. The first kappa shape index (κ1) is 21.0. The standard InChI is InChI=1S/C25H21N5O2S/c1-17-12-13-22-26-19(14-23(31)29(22)15-17)16-33-25-28-27-24(18-8-4-3-5-9-18)30(25)20-10-6-7-11-21(20)32-2/h3-15H,16H2,1-2H3. The van der Waals surface area contributed by atoms with Gasteiger partial charge in [0, 0.05) is 23.6 Å². The summed E-state index contributed by atoms with van der Waals surface area (Å²) in [6.45, 7) is 1.95. The SMILES string of the molecule is COc1ccccc1-n1c(SCc2cc(=O)n3cc(C)ccc3n2)nnc1-c1ccccc1. The molecule has 8 heteroatoms. The zero-order valence-electron chi connectivity index (χ0n) is 18.2. The second kappa shape index (κ2) is 8.91. The number of hydrogen-bond acceptors (Lipinski definition) is 6. The van der Waals surface area contributed by atoms with Crippen molar-refractivity contribution in [2.75, 3.05) is 7.11 Å². The summed E-state index contributed by atoms with van der Waals surface area (Å²) in [5, 5.41) is 9.63. The van der Waals surface area contributed by atoms with Crippen molar-refractivity contribution in [2.24, 2.45) is 0 Å². The van der Waals surface area contributed by atoms with E-state index in [0.29, 0.717) is 33.8 Å². The van der Waals surface area contributed by atoms with E-state index >= 15 is 0 Å². The summed E-state index contributed by atoms with van der Waals surface area (Å²) < 4.78 is 9.16. The van der Waals surface area contributed by atoms with Gasteiger partial charge in [-0.25, -0.2) is 4.98 Å². The van der Waals surface area contributed by atoms with Crippen LogP contribution in [0.3, 0.4) is 0 Å².